The summed E-state index contributed by atoms with van der Waals surface area (Å²) in [4.78, 5) is 17.2. The number of piperidine rings is 1. The molecule has 5 rings (SSSR count). The van der Waals surface area contributed by atoms with Gasteiger partial charge in [-0.05, 0) is 54.1 Å². The van der Waals surface area contributed by atoms with Crippen molar-refractivity contribution in [2.24, 2.45) is 0 Å². The van der Waals surface area contributed by atoms with Crippen LogP contribution in [0.2, 0.25) is 0 Å². The van der Waals surface area contributed by atoms with Gasteiger partial charge in [-0.1, -0.05) is 18.2 Å². The van der Waals surface area contributed by atoms with E-state index < -0.39 is 6.10 Å². The molecule has 0 aliphatic carbocycles. The predicted octanol–water partition coefficient (Wildman–Crippen LogP) is 3.07. The molecule has 2 atom stereocenters. The van der Waals surface area contributed by atoms with Crippen molar-refractivity contribution in [3.05, 3.63) is 59.8 Å². The Bertz CT molecular complexity index is 1010. The topological polar surface area (TPSA) is 77.6 Å². The van der Waals surface area contributed by atoms with E-state index in [-0.39, 0.29) is 12.0 Å². The molecule has 2 aliphatic heterocycles. The van der Waals surface area contributed by atoms with E-state index in [1.165, 1.54) is 5.39 Å². The summed E-state index contributed by atoms with van der Waals surface area (Å²) in [5, 5.41) is 14.8. The summed E-state index contributed by atoms with van der Waals surface area (Å²) >= 11 is 0. The molecule has 0 radical (unpaired) electrons. The molecule has 0 spiro atoms. The van der Waals surface area contributed by atoms with Crippen LogP contribution >= 0.6 is 0 Å². The van der Waals surface area contributed by atoms with Crippen LogP contribution in [0, 0.1) is 0 Å². The van der Waals surface area contributed by atoms with E-state index in [1.54, 1.807) is 0 Å². The molecule has 1 aromatic heterocycles. The number of aliphatic hydroxyl groups is 1. The quantitative estimate of drug-likeness (QED) is 0.639. The lowest BCUT2D eigenvalue weighted by Crippen LogP contribution is -2.48. The molecular weight excluding hydrogens is 366 g/mol. The number of nitrogens with one attached hydrogen (secondary N) is 2. The first kappa shape index (κ1) is 18.2. The summed E-state index contributed by atoms with van der Waals surface area (Å²) in [5.74, 6) is 0.817. The van der Waals surface area contributed by atoms with Crippen LogP contribution in [0.3, 0.4) is 0 Å². The summed E-state index contributed by atoms with van der Waals surface area (Å²) < 4.78 is 6.11. The van der Waals surface area contributed by atoms with E-state index in [0.29, 0.717) is 13.0 Å². The SMILES string of the molecule is O=C1CCc2cc(O[C@@H]3CCN(Cc4cc5ccccc5[nH]4)C[C@H]3O)ccc2N1. The van der Waals surface area contributed by atoms with Gasteiger partial charge in [-0.3, -0.25) is 9.69 Å². The Morgan fingerprint density at radius 2 is 2.03 bits per heavy atom. The Hall–Kier alpha value is -2.83. The van der Waals surface area contributed by atoms with Crippen LogP contribution in [0.1, 0.15) is 24.1 Å². The number of fused-ring (bicyclic) bond motifs is 2. The lowest BCUT2D eigenvalue weighted by molar-refractivity contribution is -0.116. The number of anilines is 1. The van der Waals surface area contributed by atoms with Gasteiger partial charge in [0.05, 0.1) is 0 Å². The number of β-amino-alcohol motifs (C(OH)–C–C–N with tert-alkyl or cyclic N) is 1. The molecule has 3 heterocycles. The molecule has 0 bridgehead atoms. The second-order valence-electron chi connectivity index (χ2n) is 8.00. The van der Waals surface area contributed by atoms with Gasteiger partial charge in [0.2, 0.25) is 5.91 Å². The summed E-state index contributed by atoms with van der Waals surface area (Å²) in [6, 6.07) is 16.2. The fraction of sp³-hybridized carbons (Fsp3) is 0.348. The first-order chi connectivity index (χ1) is 14.1. The molecule has 1 fully saturated rings. The number of nitrogens with zero attached hydrogens (tertiary/aromatic N) is 1. The monoisotopic (exact) mass is 391 g/mol. The van der Waals surface area contributed by atoms with Gasteiger partial charge in [0.1, 0.15) is 18.0 Å². The lowest BCUT2D eigenvalue weighted by Gasteiger charge is -2.35. The molecule has 1 saturated heterocycles. The summed E-state index contributed by atoms with van der Waals surface area (Å²) in [5.41, 5.74) is 4.26. The third-order valence-electron chi connectivity index (χ3n) is 5.84. The second-order valence-corrected chi connectivity index (χ2v) is 8.00. The third kappa shape index (κ3) is 3.86. The lowest BCUT2D eigenvalue weighted by atomic mass is 10.0. The average Bonchev–Trinajstić information content (AvgIpc) is 3.12. The maximum Gasteiger partial charge on any atom is 0.224 e. The highest BCUT2D eigenvalue weighted by Crippen LogP contribution is 2.29. The molecule has 2 aliphatic rings. The van der Waals surface area contributed by atoms with Gasteiger partial charge in [-0.15, -0.1) is 0 Å². The number of hydrogen-bond acceptors (Lipinski definition) is 4. The minimum atomic E-state index is -0.538. The van der Waals surface area contributed by atoms with Crippen molar-refractivity contribution < 1.29 is 14.6 Å². The number of rotatable bonds is 4. The molecule has 0 saturated carbocycles. The van der Waals surface area contributed by atoms with E-state index in [9.17, 15) is 9.90 Å². The first-order valence-corrected chi connectivity index (χ1v) is 10.2. The number of benzene rings is 2. The van der Waals surface area contributed by atoms with Gasteiger partial charge in [-0.25, -0.2) is 0 Å². The number of hydrogen-bond donors (Lipinski definition) is 3. The minimum Gasteiger partial charge on any atom is -0.488 e. The highest BCUT2D eigenvalue weighted by atomic mass is 16.5. The third-order valence-corrected chi connectivity index (χ3v) is 5.84. The maximum atomic E-state index is 11.5. The van der Waals surface area contributed by atoms with Crippen LogP contribution in [-0.2, 0) is 17.8 Å². The van der Waals surface area contributed by atoms with Gasteiger partial charge in [-0.2, -0.15) is 0 Å². The van der Waals surface area contributed by atoms with Crippen LogP contribution in [0.15, 0.2) is 48.5 Å². The minimum absolute atomic E-state index is 0.0592. The zero-order chi connectivity index (χ0) is 19.8. The van der Waals surface area contributed by atoms with Crippen molar-refractivity contribution in [2.45, 2.75) is 38.0 Å². The number of amides is 1. The standard InChI is InChI=1S/C23H25N3O3/c27-21-14-26(13-17-11-15-3-1-2-4-19(15)24-17)10-9-22(21)29-18-6-7-20-16(12-18)5-8-23(28)25-20/h1-4,6-7,11-12,21-22,24,27H,5,8-10,13-14H2,(H,25,28)/t21-,22-/m1/s1. The molecular formula is C23H25N3O3. The summed E-state index contributed by atoms with van der Waals surface area (Å²) in [6.07, 6.45) is 1.25. The molecule has 29 heavy (non-hydrogen) atoms. The maximum absolute atomic E-state index is 11.5. The largest absolute Gasteiger partial charge is 0.488 e. The number of aryl methyl sites for hydroxylation is 1. The van der Waals surface area contributed by atoms with E-state index in [2.05, 4.69) is 33.4 Å². The van der Waals surface area contributed by atoms with Crippen molar-refractivity contribution in [3.63, 3.8) is 0 Å². The van der Waals surface area contributed by atoms with Gasteiger partial charge in [0.15, 0.2) is 0 Å². The van der Waals surface area contributed by atoms with Crippen molar-refractivity contribution in [1.82, 2.24) is 9.88 Å². The van der Waals surface area contributed by atoms with Crippen LogP contribution in [0.25, 0.3) is 10.9 Å². The van der Waals surface area contributed by atoms with Crippen molar-refractivity contribution >= 4 is 22.5 Å². The molecule has 150 valence electrons. The molecule has 6 nitrogen and oxygen atoms in total. The van der Waals surface area contributed by atoms with Crippen LogP contribution in [-0.4, -0.2) is 46.2 Å². The molecule has 0 unspecified atom stereocenters. The second kappa shape index (κ2) is 7.54. The fourth-order valence-electron chi connectivity index (χ4n) is 4.32. The Morgan fingerprint density at radius 1 is 1.14 bits per heavy atom. The Balaban J connectivity index is 1.20. The fourth-order valence-corrected chi connectivity index (χ4v) is 4.32. The summed E-state index contributed by atoms with van der Waals surface area (Å²) in [7, 11) is 0. The first-order valence-electron chi connectivity index (χ1n) is 10.2. The number of aromatic nitrogens is 1. The number of carbonyl (C=O) groups is 1. The number of ether oxygens (including phenoxy) is 1. The van der Waals surface area contributed by atoms with Crippen molar-refractivity contribution in [3.8, 4) is 5.75 Å². The van der Waals surface area contributed by atoms with Gasteiger partial charge >= 0.3 is 0 Å². The number of para-hydroxylation sites is 1. The molecule has 2 aromatic carbocycles. The number of aliphatic hydroxyl groups excluding tert-OH is 1. The van der Waals surface area contributed by atoms with Crippen LogP contribution < -0.4 is 10.1 Å². The van der Waals surface area contributed by atoms with Crippen molar-refractivity contribution in [2.75, 3.05) is 18.4 Å². The van der Waals surface area contributed by atoms with E-state index >= 15 is 0 Å². The van der Waals surface area contributed by atoms with E-state index in [4.69, 9.17) is 4.74 Å². The van der Waals surface area contributed by atoms with Crippen LogP contribution in [0.4, 0.5) is 5.69 Å². The number of aromatic amines is 1. The molecule has 3 aromatic rings. The molecule has 1 amide bonds. The van der Waals surface area contributed by atoms with E-state index in [0.717, 1.165) is 54.1 Å². The highest BCUT2D eigenvalue weighted by Gasteiger charge is 2.29. The Labute approximate surface area is 169 Å². The number of carbonyl (C=O) groups excluding carboxylic acids is 1. The Morgan fingerprint density at radius 3 is 2.90 bits per heavy atom. The number of likely N-dealkylation sites (tertiary alicyclic amines) is 1. The predicted molar refractivity (Wildman–Crippen MR) is 112 cm³/mol. The highest BCUT2D eigenvalue weighted by molar-refractivity contribution is 5.94. The summed E-state index contributed by atoms with van der Waals surface area (Å²) in [6.45, 7) is 2.25. The number of H-pyrrole nitrogens is 1. The molecule has 3 N–H and O–H groups in total. The van der Waals surface area contributed by atoms with Gasteiger partial charge in [0.25, 0.3) is 0 Å². The average molecular weight is 391 g/mol. The van der Waals surface area contributed by atoms with Crippen LogP contribution in [0.5, 0.6) is 5.75 Å². The Kier molecular flexibility index (Phi) is 4.73. The van der Waals surface area contributed by atoms with Crippen molar-refractivity contribution in [1.29, 1.82) is 0 Å². The molecule has 6 heteroatoms. The zero-order valence-electron chi connectivity index (χ0n) is 16.2. The van der Waals surface area contributed by atoms with E-state index in [1.807, 2.05) is 30.3 Å². The zero-order valence-corrected chi connectivity index (χ0v) is 16.2. The smallest absolute Gasteiger partial charge is 0.224 e. The van der Waals surface area contributed by atoms with Gasteiger partial charge < -0.3 is 20.1 Å². The normalized spacial score (nSPS) is 22.3. The van der Waals surface area contributed by atoms with Gasteiger partial charge in [0, 0.05) is 43.0 Å².